The van der Waals surface area contributed by atoms with E-state index in [9.17, 15) is 19.5 Å². The second-order valence-corrected chi connectivity index (χ2v) is 9.95. The molecule has 2 N–H and O–H groups in total. The molecule has 1 aliphatic heterocycles. The third kappa shape index (κ3) is 3.21. The van der Waals surface area contributed by atoms with E-state index < -0.39 is 11.4 Å². The molecule has 0 unspecified atom stereocenters. The van der Waals surface area contributed by atoms with E-state index >= 15 is 0 Å². The maximum atomic E-state index is 12.9. The van der Waals surface area contributed by atoms with Crippen molar-refractivity contribution in [3.63, 3.8) is 0 Å². The van der Waals surface area contributed by atoms with Crippen molar-refractivity contribution in [2.75, 3.05) is 0 Å². The van der Waals surface area contributed by atoms with Crippen LogP contribution in [0.2, 0.25) is 0 Å². The van der Waals surface area contributed by atoms with E-state index in [1.165, 1.54) is 17.8 Å². The van der Waals surface area contributed by atoms with Gasteiger partial charge in [0.1, 0.15) is 5.56 Å². The molecule has 0 saturated heterocycles. The Morgan fingerprint density at radius 1 is 1.13 bits per heavy atom. The molecule has 6 heteroatoms. The highest BCUT2D eigenvalue weighted by molar-refractivity contribution is 6.04. The van der Waals surface area contributed by atoms with Crippen LogP contribution in [0.4, 0.5) is 0 Å². The van der Waals surface area contributed by atoms with Crippen LogP contribution >= 0.6 is 0 Å². The number of hydrogen-bond acceptors (Lipinski definition) is 3. The van der Waals surface area contributed by atoms with Crippen LogP contribution in [-0.2, 0) is 6.42 Å². The number of fused-ring (bicyclic) bond motifs is 4. The van der Waals surface area contributed by atoms with Gasteiger partial charge in [-0.3, -0.25) is 9.59 Å². The first-order chi connectivity index (χ1) is 14.6. The van der Waals surface area contributed by atoms with E-state index in [-0.39, 0.29) is 29.0 Å². The summed E-state index contributed by atoms with van der Waals surface area (Å²) in [5.74, 6) is -1.24. The zero-order valence-electron chi connectivity index (χ0n) is 18.0. The van der Waals surface area contributed by atoms with Crippen LogP contribution < -0.4 is 10.7 Å². The monoisotopic (exact) mass is 418 g/mol. The molecule has 5 rings (SSSR count). The Morgan fingerprint density at radius 2 is 1.87 bits per heavy atom. The summed E-state index contributed by atoms with van der Waals surface area (Å²) in [6, 6.07) is 7.60. The van der Waals surface area contributed by atoms with Crippen LogP contribution in [0, 0.1) is 5.41 Å². The number of carbonyl (C=O) groups is 2. The lowest BCUT2D eigenvalue weighted by Gasteiger charge is -2.39. The number of pyridine rings is 1. The van der Waals surface area contributed by atoms with Gasteiger partial charge in [-0.25, -0.2) is 4.79 Å². The Kier molecular flexibility index (Phi) is 4.26. The molecule has 0 spiro atoms. The maximum absolute atomic E-state index is 12.9. The second kappa shape index (κ2) is 6.67. The number of carboxylic acids is 1. The van der Waals surface area contributed by atoms with Gasteiger partial charge in [-0.1, -0.05) is 32.9 Å². The van der Waals surface area contributed by atoms with Gasteiger partial charge in [0.25, 0.3) is 5.91 Å². The van der Waals surface area contributed by atoms with Gasteiger partial charge in [-0.15, -0.1) is 0 Å². The number of nitrogens with zero attached hydrogens (tertiary/aromatic N) is 1. The van der Waals surface area contributed by atoms with Gasteiger partial charge in [0.05, 0.1) is 0 Å². The molecule has 1 atom stereocenters. The van der Waals surface area contributed by atoms with Crippen molar-refractivity contribution >= 4 is 23.0 Å². The van der Waals surface area contributed by atoms with E-state index in [4.69, 9.17) is 0 Å². The molecule has 1 saturated carbocycles. The van der Waals surface area contributed by atoms with Crippen LogP contribution in [0.3, 0.4) is 0 Å². The van der Waals surface area contributed by atoms with Gasteiger partial charge in [-0.2, -0.15) is 0 Å². The van der Waals surface area contributed by atoms with Gasteiger partial charge in [0, 0.05) is 42.0 Å². The summed E-state index contributed by atoms with van der Waals surface area (Å²) in [4.78, 5) is 37.0. The number of amides is 1. The molecule has 6 nitrogen and oxygen atoms in total. The normalized spacial score (nSPS) is 19.5. The third-order valence-electron chi connectivity index (χ3n) is 6.73. The minimum Gasteiger partial charge on any atom is -0.477 e. The Bertz CT molecular complexity index is 1230. The Morgan fingerprint density at radius 3 is 2.52 bits per heavy atom. The van der Waals surface area contributed by atoms with Crippen molar-refractivity contribution in [1.29, 1.82) is 0 Å². The lowest BCUT2D eigenvalue weighted by Crippen LogP contribution is -2.32. The zero-order valence-corrected chi connectivity index (χ0v) is 18.0. The fraction of sp³-hybridized carbons (Fsp3) is 0.400. The molecular formula is C25H26N2O4. The molecule has 160 valence electrons. The molecule has 2 aromatic rings. The van der Waals surface area contributed by atoms with E-state index in [0.29, 0.717) is 12.0 Å². The first-order valence-electron chi connectivity index (χ1n) is 10.8. The number of carbonyl (C=O) groups excluding carboxylic acids is 1. The molecule has 2 aliphatic carbocycles. The van der Waals surface area contributed by atoms with Crippen molar-refractivity contribution < 1.29 is 14.7 Å². The highest BCUT2D eigenvalue weighted by Crippen LogP contribution is 2.51. The lowest BCUT2D eigenvalue weighted by atomic mass is 9.78. The van der Waals surface area contributed by atoms with Crippen molar-refractivity contribution in [1.82, 2.24) is 9.88 Å². The average molecular weight is 418 g/mol. The summed E-state index contributed by atoms with van der Waals surface area (Å²) < 4.78 is 1.97. The number of aromatic nitrogens is 1. The summed E-state index contributed by atoms with van der Waals surface area (Å²) in [6.07, 6.45) is 4.87. The number of carboxylic acid groups (broad SMARTS) is 1. The summed E-state index contributed by atoms with van der Waals surface area (Å²) in [6.45, 7) is 6.38. The molecule has 31 heavy (non-hydrogen) atoms. The zero-order chi connectivity index (χ0) is 22.1. The predicted octanol–water partition coefficient (Wildman–Crippen LogP) is 3.90. The predicted molar refractivity (Wildman–Crippen MR) is 118 cm³/mol. The highest BCUT2D eigenvalue weighted by Gasteiger charge is 2.39. The van der Waals surface area contributed by atoms with Crippen LogP contribution in [-0.4, -0.2) is 27.6 Å². The first kappa shape index (κ1) is 19.8. The van der Waals surface area contributed by atoms with Gasteiger partial charge in [-0.05, 0) is 53.0 Å². The summed E-state index contributed by atoms with van der Waals surface area (Å²) in [5.41, 5.74) is 4.89. The van der Waals surface area contributed by atoms with Crippen molar-refractivity contribution in [3.05, 3.63) is 68.6 Å². The molecule has 1 aromatic carbocycles. The minimum absolute atomic E-state index is 0.00477. The van der Waals surface area contributed by atoms with Crippen LogP contribution in [0.1, 0.15) is 83.6 Å². The number of hydrogen-bond donors (Lipinski definition) is 2. The molecule has 1 amide bonds. The average Bonchev–Trinajstić information content (AvgIpc) is 3.42. The van der Waals surface area contributed by atoms with E-state index in [1.807, 2.05) is 16.7 Å². The Hall–Kier alpha value is -3.15. The maximum Gasteiger partial charge on any atom is 0.341 e. The number of allylic oxidation sites excluding steroid dienone is 2. The molecule has 1 aromatic heterocycles. The minimum atomic E-state index is -1.21. The molecule has 1 fully saturated rings. The Labute approximate surface area is 180 Å². The first-order valence-corrected chi connectivity index (χ1v) is 10.8. The largest absolute Gasteiger partial charge is 0.477 e. The fourth-order valence-electron chi connectivity index (χ4n) is 4.91. The molecule has 0 radical (unpaired) electrons. The summed E-state index contributed by atoms with van der Waals surface area (Å²) >= 11 is 0. The van der Waals surface area contributed by atoms with Crippen molar-refractivity contribution in [2.24, 2.45) is 5.41 Å². The smallest absolute Gasteiger partial charge is 0.341 e. The van der Waals surface area contributed by atoms with Crippen LogP contribution in [0.15, 0.2) is 35.3 Å². The number of aromatic carboxylic acids is 1. The third-order valence-corrected chi connectivity index (χ3v) is 6.73. The van der Waals surface area contributed by atoms with Gasteiger partial charge < -0.3 is 15.0 Å². The van der Waals surface area contributed by atoms with Crippen molar-refractivity contribution in [3.8, 4) is 0 Å². The Balaban J connectivity index is 1.66. The molecular weight excluding hydrogens is 392 g/mol. The van der Waals surface area contributed by atoms with E-state index in [2.05, 4.69) is 32.2 Å². The van der Waals surface area contributed by atoms with Gasteiger partial charge in [0.2, 0.25) is 0 Å². The SMILES string of the molecule is CC(C)(C)[C@@H]1CC2=C(Cc3c(C(=O)NC4CC4)cccc32)c2cc(=O)c(C(=O)O)cn21. The number of rotatable bonds is 3. The lowest BCUT2D eigenvalue weighted by molar-refractivity contribution is 0.0693. The number of benzene rings is 1. The molecule has 2 heterocycles. The summed E-state index contributed by atoms with van der Waals surface area (Å²) in [7, 11) is 0. The topological polar surface area (TPSA) is 88.4 Å². The molecule has 3 aliphatic rings. The van der Waals surface area contributed by atoms with Gasteiger partial charge in [0.15, 0.2) is 5.43 Å². The second-order valence-electron chi connectivity index (χ2n) is 9.95. The van der Waals surface area contributed by atoms with Gasteiger partial charge >= 0.3 is 5.97 Å². The standard InChI is InChI=1S/C25H26N2O4/c1-25(2,3)22-10-17-14-5-4-6-15(23(29)26-13-7-8-13)16(14)9-18(17)20-11-21(28)19(24(30)31)12-27(20)22/h4-6,11-13,22H,7-10H2,1-3H3,(H,26,29)(H,30,31)/t22-/m0/s1. The van der Waals surface area contributed by atoms with E-state index in [1.54, 1.807) is 0 Å². The van der Waals surface area contributed by atoms with Crippen LogP contribution in [0.25, 0.3) is 11.1 Å². The quantitative estimate of drug-likeness (QED) is 0.791. The van der Waals surface area contributed by atoms with E-state index in [0.717, 1.165) is 41.7 Å². The summed E-state index contributed by atoms with van der Waals surface area (Å²) in [5, 5.41) is 12.6. The van der Waals surface area contributed by atoms with Crippen molar-refractivity contribution in [2.45, 2.75) is 58.5 Å². The number of nitrogens with one attached hydrogen (secondary N) is 1. The fourth-order valence-corrected chi connectivity index (χ4v) is 4.91. The highest BCUT2D eigenvalue weighted by atomic mass is 16.4. The van der Waals surface area contributed by atoms with Crippen LogP contribution in [0.5, 0.6) is 0 Å². The molecule has 0 bridgehead atoms.